The summed E-state index contributed by atoms with van der Waals surface area (Å²) in [5.74, 6) is 0.397. The van der Waals surface area contributed by atoms with Crippen molar-refractivity contribution in [3.8, 4) is 28.5 Å². The second-order valence-corrected chi connectivity index (χ2v) is 9.74. The minimum Gasteiger partial charge on any atom is -0.457 e. The Morgan fingerprint density at radius 2 is 2.00 bits per heavy atom. The van der Waals surface area contributed by atoms with Crippen molar-refractivity contribution >= 4 is 17.2 Å². The molecule has 41 heavy (non-hydrogen) atoms. The zero-order chi connectivity index (χ0) is 28.3. The number of carbonyl (C=O) groups is 1. The summed E-state index contributed by atoms with van der Waals surface area (Å²) < 4.78 is 41.0. The Morgan fingerprint density at radius 1 is 1.15 bits per heavy atom. The van der Waals surface area contributed by atoms with Crippen molar-refractivity contribution in [2.75, 3.05) is 18.9 Å². The summed E-state index contributed by atoms with van der Waals surface area (Å²) in [5, 5.41) is 11.8. The average molecular weight is 560 g/mol. The first-order chi connectivity index (χ1) is 19.9. The monoisotopic (exact) mass is 559 g/mol. The Balaban J connectivity index is 1.41. The Hall–Kier alpha value is -4.84. The van der Waals surface area contributed by atoms with Crippen LogP contribution in [0.25, 0.3) is 16.9 Å². The third kappa shape index (κ3) is 5.73. The summed E-state index contributed by atoms with van der Waals surface area (Å²) in [7, 11) is 2.06. The van der Waals surface area contributed by atoms with Crippen LogP contribution in [-0.4, -0.2) is 61.4 Å². The van der Waals surface area contributed by atoms with Gasteiger partial charge in [0.2, 0.25) is 0 Å². The van der Waals surface area contributed by atoms with Crippen LogP contribution in [0.3, 0.4) is 0 Å². The number of halogens is 2. The molecule has 1 atom stereocenters. The van der Waals surface area contributed by atoms with E-state index >= 15 is 0 Å². The molecule has 0 bridgehead atoms. The van der Waals surface area contributed by atoms with Crippen LogP contribution in [0.2, 0.25) is 0 Å². The average Bonchev–Trinajstić information content (AvgIpc) is 3.69. The highest BCUT2D eigenvalue weighted by Crippen LogP contribution is 2.39. The van der Waals surface area contributed by atoms with Crippen LogP contribution in [0.4, 0.5) is 14.5 Å². The molecule has 1 amide bonds. The van der Waals surface area contributed by atoms with Crippen molar-refractivity contribution in [3.05, 3.63) is 84.9 Å². The van der Waals surface area contributed by atoms with E-state index in [-0.39, 0.29) is 28.6 Å². The fourth-order valence-electron chi connectivity index (χ4n) is 4.99. The van der Waals surface area contributed by atoms with Crippen LogP contribution in [0, 0.1) is 0 Å². The molecule has 12 heteroatoms. The van der Waals surface area contributed by atoms with Crippen LogP contribution >= 0.6 is 0 Å². The lowest BCUT2D eigenvalue weighted by Gasteiger charge is -2.19. The molecule has 4 heterocycles. The number of aromatic nitrogens is 5. The molecule has 1 N–H and O–H groups in total. The molecule has 0 spiro atoms. The molecule has 1 aliphatic heterocycles. The molecule has 1 fully saturated rings. The van der Waals surface area contributed by atoms with E-state index in [4.69, 9.17) is 14.6 Å². The fourth-order valence-corrected chi connectivity index (χ4v) is 4.99. The maximum Gasteiger partial charge on any atom is 0.387 e. The van der Waals surface area contributed by atoms with E-state index in [1.807, 2.05) is 18.2 Å². The minimum absolute atomic E-state index is 0.100. The number of anilines is 1. The number of rotatable bonds is 9. The zero-order valence-corrected chi connectivity index (χ0v) is 22.2. The summed E-state index contributed by atoms with van der Waals surface area (Å²) in [4.78, 5) is 19.9. The number of nitrogens with zero attached hydrogens (tertiary/aromatic N) is 6. The number of carbonyl (C=O) groups excluding carboxylic acids is 1. The highest BCUT2D eigenvalue weighted by atomic mass is 19.3. The standard InChI is InChI=1S/C29H27F2N7O3/c1-36-13-5-7-19(36)17-37-18-24(34-28(39)23-16-33-38-14-6-12-32-27(23)38)26(35-37)22-15-21(10-11-25(22)41-29(30)31)40-20-8-3-2-4-9-20/h2-4,6,8-12,14-16,18-19,29H,5,7,13,17H2,1H3,(H,34,39)/t19-/m0/s1. The number of likely N-dealkylation sites (N-methyl/N-ethyl adjacent to an activating group) is 1. The van der Waals surface area contributed by atoms with Gasteiger partial charge >= 0.3 is 6.61 Å². The Bertz CT molecular complexity index is 1670. The van der Waals surface area contributed by atoms with Gasteiger partial charge in [0, 0.05) is 24.6 Å². The first-order valence-corrected chi connectivity index (χ1v) is 13.1. The number of alkyl halides is 2. The van der Waals surface area contributed by atoms with E-state index in [1.54, 1.807) is 53.6 Å². The largest absolute Gasteiger partial charge is 0.457 e. The maximum absolute atomic E-state index is 13.5. The Morgan fingerprint density at radius 3 is 2.78 bits per heavy atom. The number of para-hydroxylation sites is 1. The third-order valence-corrected chi connectivity index (χ3v) is 7.00. The number of amides is 1. The van der Waals surface area contributed by atoms with Crippen LogP contribution in [-0.2, 0) is 6.54 Å². The van der Waals surface area contributed by atoms with Crippen LogP contribution in [0.15, 0.2) is 79.4 Å². The van der Waals surface area contributed by atoms with Gasteiger partial charge in [-0.2, -0.15) is 19.0 Å². The predicted molar refractivity (Wildman–Crippen MR) is 147 cm³/mol. The maximum atomic E-state index is 13.5. The molecule has 0 saturated carbocycles. The molecule has 1 saturated heterocycles. The van der Waals surface area contributed by atoms with Gasteiger partial charge in [-0.05, 0) is 62.8 Å². The lowest BCUT2D eigenvalue weighted by Crippen LogP contribution is -2.29. The molecule has 3 aromatic heterocycles. The quantitative estimate of drug-likeness (QED) is 0.261. The number of likely N-dealkylation sites (tertiary alicyclic amines) is 1. The summed E-state index contributed by atoms with van der Waals surface area (Å²) in [6.07, 6.45) is 8.46. The molecule has 210 valence electrons. The smallest absolute Gasteiger partial charge is 0.387 e. The van der Waals surface area contributed by atoms with Crippen molar-refractivity contribution in [3.63, 3.8) is 0 Å². The summed E-state index contributed by atoms with van der Waals surface area (Å²) in [6, 6.07) is 15.6. The highest BCUT2D eigenvalue weighted by molar-refractivity contribution is 6.09. The number of benzene rings is 2. The second kappa shape index (κ2) is 11.3. The van der Waals surface area contributed by atoms with Gasteiger partial charge in [-0.15, -0.1) is 0 Å². The molecule has 0 unspecified atom stereocenters. The van der Waals surface area contributed by atoms with Crippen molar-refractivity contribution in [2.24, 2.45) is 0 Å². The number of hydrogen-bond donors (Lipinski definition) is 1. The fraction of sp³-hybridized carbons (Fsp3) is 0.241. The van der Waals surface area contributed by atoms with Gasteiger partial charge in [0.05, 0.1) is 24.0 Å². The van der Waals surface area contributed by atoms with E-state index in [1.165, 1.54) is 16.8 Å². The van der Waals surface area contributed by atoms with E-state index in [0.717, 1.165) is 19.4 Å². The van der Waals surface area contributed by atoms with Crippen molar-refractivity contribution in [1.29, 1.82) is 0 Å². The lowest BCUT2D eigenvalue weighted by atomic mass is 10.1. The highest BCUT2D eigenvalue weighted by Gasteiger charge is 2.25. The Kier molecular flexibility index (Phi) is 7.30. The van der Waals surface area contributed by atoms with Gasteiger partial charge in [-0.3, -0.25) is 9.48 Å². The van der Waals surface area contributed by atoms with Gasteiger partial charge in [0.15, 0.2) is 5.65 Å². The van der Waals surface area contributed by atoms with Gasteiger partial charge in [-0.25, -0.2) is 9.50 Å². The van der Waals surface area contributed by atoms with E-state index < -0.39 is 12.5 Å². The summed E-state index contributed by atoms with van der Waals surface area (Å²) in [5.41, 5.74) is 1.46. The molecule has 5 aromatic rings. The normalized spacial score (nSPS) is 15.5. The molecular formula is C29H27F2N7O3. The lowest BCUT2D eigenvalue weighted by molar-refractivity contribution is -0.0494. The van der Waals surface area contributed by atoms with Crippen LogP contribution in [0.5, 0.6) is 17.2 Å². The second-order valence-electron chi connectivity index (χ2n) is 9.74. The van der Waals surface area contributed by atoms with E-state index in [9.17, 15) is 13.6 Å². The molecule has 1 aliphatic rings. The van der Waals surface area contributed by atoms with Gasteiger partial charge in [-0.1, -0.05) is 18.2 Å². The topological polar surface area (TPSA) is 98.8 Å². The van der Waals surface area contributed by atoms with E-state index in [2.05, 4.69) is 27.3 Å². The summed E-state index contributed by atoms with van der Waals surface area (Å²) in [6.45, 7) is -1.52. The number of fused-ring (bicyclic) bond motifs is 1. The molecule has 6 rings (SSSR count). The summed E-state index contributed by atoms with van der Waals surface area (Å²) >= 11 is 0. The molecule has 2 aromatic carbocycles. The molecule has 0 radical (unpaired) electrons. The number of ether oxygens (including phenoxy) is 2. The molecule has 10 nitrogen and oxygen atoms in total. The van der Waals surface area contributed by atoms with Crippen molar-refractivity contribution < 1.29 is 23.0 Å². The molecular weight excluding hydrogens is 532 g/mol. The van der Waals surface area contributed by atoms with Gasteiger partial charge in [0.1, 0.15) is 28.5 Å². The van der Waals surface area contributed by atoms with Crippen LogP contribution in [0.1, 0.15) is 23.2 Å². The van der Waals surface area contributed by atoms with Gasteiger partial charge < -0.3 is 19.7 Å². The number of nitrogens with one attached hydrogen (secondary N) is 1. The van der Waals surface area contributed by atoms with Crippen molar-refractivity contribution in [1.82, 2.24) is 29.3 Å². The number of hydrogen-bond acceptors (Lipinski definition) is 7. The SMILES string of the molecule is CN1CCC[C@H]1Cn1cc(NC(=O)c2cnn3cccnc23)c(-c2cc(Oc3ccccc3)ccc2OC(F)F)n1. The Labute approximate surface area is 234 Å². The van der Waals surface area contributed by atoms with Crippen molar-refractivity contribution in [2.45, 2.75) is 32.0 Å². The third-order valence-electron chi connectivity index (χ3n) is 7.00. The predicted octanol–water partition coefficient (Wildman–Crippen LogP) is 5.33. The van der Waals surface area contributed by atoms with E-state index in [0.29, 0.717) is 29.4 Å². The first-order valence-electron chi connectivity index (χ1n) is 13.1. The zero-order valence-electron chi connectivity index (χ0n) is 22.2. The first kappa shape index (κ1) is 26.4. The van der Waals surface area contributed by atoms with Crippen LogP contribution < -0.4 is 14.8 Å². The van der Waals surface area contributed by atoms with Gasteiger partial charge in [0.25, 0.3) is 5.91 Å². The minimum atomic E-state index is -3.06. The molecule has 0 aliphatic carbocycles.